The van der Waals surface area contributed by atoms with Crippen LogP contribution in [0.5, 0.6) is 5.75 Å². The lowest BCUT2D eigenvalue weighted by atomic mass is 10.1. The molecule has 6 nitrogen and oxygen atoms in total. The molecular formula is C21H17BrClN5O. The second kappa shape index (κ2) is 7.99. The lowest BCUT2D eigenvalue weighted by Crippen LogP contribution is -2.15. The fourth-order valence-electron chi connectivity index (χ4n) is 3.48. The van der Waals surface area contributed by atoms with Gasteiger partial charge in [-0.1, -0.05) is 23.7 Å². The Hall–Kier alpha value is -2.66. The number of methoxy groups -OCH3 is 1. The third-order valence-corrected chi connectivity index (χ3v) is 5.78. The summed E-state index contributed by atoms with van der Waals surface area (Å²) in [6.45, 7) is 2.08. The van der Waals surface area contributed by atoms with E-state index >= 15 is 0 Å². The fourth-order valence-corrected chi connectivity index (χ4v) is 4.37. The highest BCUT2D eigenvalue weighted by Gasteiger charge is 2.27. The van der Waals surface area contributed by atoms with E-state index in [0.717, 1.165) is 39.1 Å². The zero-order valence-corrected chi connectivity index (χ0v) is 18.0. The van der Waals surface area contributed by atoms with Gasteiger partial charge in [-0.25, -0.2) is 9.97 Å². The summed E-state index contributed by atoms with van der Waals surface area (Å²) in [7, 11) is 1.61. The minimum Gasteiger partial charge on any atom is -0.496 e. The second-order valence-corrected chi connectivity index (χ2v) is 8.04. The van der Waals surface area contributed by atoms with Gasteiger partial charge in [-0.2, -0.15) is 5.26 Å². The maximum absolute atomic E-state index is 8.96. The van der Waals surface area contributed by atoms with Gasteiger partial charge in [0.25, 0.3) is 0 Å². The van der Waals surface area contributed by atoms with Crippen molar-refractivity contribution in [1.82, 2.24) is 14.9 Å². The number of hydrogen-bond acceptors (Lipinski definition) is 6. The Bertz CT molecular complexity index is 1130. The van der Waals surface area contributed by atoms with Crippen LogP contribution in [0, 0.1) is 11.3 Å². The van der Waals surface area contributed by atoms with E-state index in [4.69, 9.17) is 27.3 Å². The van der Waals surface area contributed by atoms with E-state index in [0.29, 0.717) is 29.4 Å². The zero-order chi connectivity index (χ0) is 20.5. The molecule has 2 aromatic carbocycles. The number of anilines is 1. The standard InChI is InChI=1S/C21H17BrClN5O/c1-29-19-6-14(17(23)7-16(19)22)20-15-10-28(11-18(15)26-21(25)27-20)9-13-4-2-12(8-24)3-5-13/h2-7H,9-11H2,1H3,(H2,25,26,27). The number of rotatable bonds is 4. The van der Waals surface area contributed by atoms with E-state index in [9.17, 15) is 0 Å². The van der Waals surface area contributed by atoms with Crippen LogP contribution < -0.4 is 10.5 Å². The molecule has 2 N–H and O–H groups in total. The predicted octanol–water partition coefficient (Wildman–Crippen LogP) is 4.54. The Kier molecular flexibility index (Phi) is 5.41. The number of nitrogens with zero attached hydrogens (tertiary/aromatic N) is 4. The first-order valence-corrected chi connectivity index (χ1v) is 10.1. The summed E-state index contributed by atoms with van der Waals surface area (Å²) in [6, 6.07) is 13.4. The molecule has 0 spiro atoms. The topological polar surface area (TPSA) is 88.1 Å². The highest BCUT2D eigenvalue weighted by Crippen LogP contribution is 2.40. The molecule has 1 aromatic heterocycles. The average molecular weight is 471 g/mol. The summed E-state index contributed by atoms with van der Waals surface area (Å²) in [5.41, 5.74) is 11.2. The van der Waals surface area contributed by atoms with E-state index in [1.54, 1.807) is 13.2 Å². The van der Waals surface area contributed by atoms with Gasteiger partial charge in [-0.05, 0) is 45.8 Å². The number of nitrogens with two attached hydrogens (primary N) is 1. The number of nitrogen functional groups attached to an aromatic ring is 1. The molecule has 4 rings (SSSR count). The molecule has 0 radical (unpaired) electrons. The summed E-state index contributed by atoms with van der Waals surface area (Å²) < 4.78 is 6.19. The number of hydrogen-bond donors (Lipinski definition) is 1. The fraction of sp³-hybridized carbons (Fsp3) is 0.190. The summed E-state index contributed by atoms with van der Waals surface area (Å²) in [4.78, 5) is 11.2. The van der Waals surface area contributed by atoms with Crippen molar-refractivity contribution in [3.8, 4) is 23.1 Å². The van der Waals surface area contributed by atoms with E-state index in [1.807, 2.05) is 30.3 Å². The molecule has 0 amide bonds. The number of benzene rings is 2. The Morgan fingerprint density at radius 1 is 1.24 bits per heavy atom. The molecule has 146 valence electrons. The maximum atomic E-state index is 8.96. The minimum absolute atomic E-state index is 0.219. The Labute approximate surface area is 182 Å². The van der Waals surface area contributed by atoms with Gasteiger partial charge in [-0.15, -0.1) is 0 Å². The van der Waals surface area contributed by atoms with Gasteiger partial charge in [0.1, 0.15) is 5.75 Å². The number of aromatic nitrogens is 2. The zero-order valence-electron chi connectivity index (χ0n) is 15.6. The molecule has 0 atom stereocenters. The van der Waals surface area contributed by atoms with Gasteiger partial charge in [0.05, 0.1) is 39.6 Å². The summed E-state index contributed by atoms with van der Waals surface area (Å²) >= 11 is 9.97. The molecule has 0 fully saturated rings. The van der Waals surface area contributed by atoms with Crippen LogP contribution in [0.15, 0.2) is 40.9 Å². The molecule has 8 heteroatoms. The second-order valence-electron chi connectivity index (χ2n) is 6.78. The molecule has 0 aliphatic carbocycles. The van der Waals surface area contributed by atoms with Crippen LogP contribution in [-0.2, 0) is 19.6 Å². The Balaban J connectivity index is 1.67. The SMILES string of the molecule is COc1cc(-c2nc(N)nc3c2CN(Cc2ccc(C#N)cc2)C3)c(Cl)cc1Br. The first-order valence-electron chi connectivity index (χ1n) is 8.88. The van der Waals surface area contributed by atoms with E-state index in [-0.39, 0.29) is 5.95 Å². The van der Waals surface area contributed by atoms with Crippen molar-refractivity contribution in [1.29, 1.82) is 5.26 Å². The predicted molar refractivity (Wildman–Crippen MR) is 115 cm³/mol. The summed E-state index contributed by atoms with van der Waals surface area (Å²) in [5, 5.41) is 9.52. The van der Waals surface area contributed by atoms with Crippen LogP contribution in [0.25, 0.3) is 11.3 Å². The van der Waals surface area contributed by atoms with Crippen molar-refractivity contribution in [3.63, 3.8) is 0 Å². The summed E-state index contributed by atoms with van der Waals surface area (Å²) in [5.74, 6) is 0.889. The van der Waals surface area contributed by atoms with Crippen molar-refractivity contribution in [2.45, 2.75) is 19.6 Å². The van der Waals surface area contributed by atoms with Crippen LogP contribution >= 0.6 is 27.5 Å². The van der Waals surface area contributed by atoms with Crippen LogP contribution in [0.4, 0.5) is 5.95 Å². The first kappa shape index (κ1) is 19.6. The van der Waals surface area contributed by atoms with Crippen LogP contribution in [0.2, 0.25) is 5.02 Å². The number of ether oxygens (including phenoxy) is 1. The highest BCUT2D eigenvalue weighted by atomic mass is 79.9. The van der Waals surface area contributed by atoms with Crippen molar-refractivity contribution in [3.05, 3.63) is 68.3 Å². The van der Waals surface area contributed by atoms with Crippen molar-refractivity contribution in [2.75, 3.05) is 12.8 Å². The molecule has 1 aliphatic rings. The van der Waals surface area contributed by atoms with E-state index < -0.39 is 0 Å². The van der Waals surface area contributed by atoms with Gasteiger partial charge in [0, 0.05) is 30.8 Å². The highest BCUT2D eigenvalue weighted by molar-refractivity contribution is 9.10. The third kappa shape index (κ3) is 3.92. The average Bonchev–Trinajstić information content (AvgIpc) is 3.10. The lowest BCUT2D eigenvalue weighted by molar-refractivity contribution is 0.274. The molecule has 0 bridgehead atoms. The minimum atomic E-state index is 0.219. The lowest BCUT2D eigenvalue weighted by Gasteiger charge is -2.15. The molecule has 0 saturated heterocycles. The van der Waals surface area contributed by atoms with E-state index in [2.05, 4.69) is 36.9 Å². The van der Waals surface area contributed by atoms with Gasteiger partial charge in [-0.3, -0.25) is 4.90 Å². The maximum Gasteiger partial charge on any atom is 0.220 e. The van der Waals surface area contributed by atoms with E-state index in [1.165, 1.54) is 0 Å². The van der Waals surface area contributed by atoms with Crippen molar-refractivity contribution < 1.29 is 4.74 Å². The van der Waals surface area contributed by atoms with Gasteiger partial charge >= 0.3 is 0 Å². The van der Waals surface area contributed by atoms with Crippen molar-refractivity contribution >= 4 is 33.5 Å². The molecule has 3 aromatic rings. The molecular weight excluding hydrogens is 454 g/mol. The van der Waals surface area contributed by atoms with Gasteiger partial charge in [0.2, 0.25) is 5.95 Å². The molecule has 2 heterocycles. The number of halogens is 2. The van der Waals surface area contributed by atoms with Gasteiger partial charge < -0.3 is 10.5 Å². The Morgan fingerprint density at radius 3 is 2.69 bits per heavy atom. The smallest absolute Gasteiger partial charge is 0.220 e. The molecule has 0 saturated carbocycles. The largest absolute Gasteiger partial charge is 0.496 e. The third-order valence-electron chi connectivity index (χ3n) is 4.85. The van der Waals surface area contributed by atoms with Crippen molar-refractivity contribution in [2.24, 2.45) is 0 Å². The molecule has 0 unspecified atom stereocenters. The van der Waals surface area contributed by atoms with Gasteiger partial charge in [0.15, 0.2) is 0 Å². The normalized spacial score (nSPS) is 13.2. The Morgan fingerprint density at radius 2 is 2.00 bits per heavy atom. The molecule has 1 aliphatic heterocycles. The summed E-state index contributed by atoms with van der Waals surface area (Å²) in [6.07, 6.45) is 0. The monoisotopic (exact) mass is 469 g/mol. The van der Waals surface area contributed by atoms with Crippen LogP contribution in [0.3, 0.4) is 0 Å². The van der Waals surface area contributed by atoms with Crippen LogP contribution in [0.1, 0.15) is 22.4 Å². The number of nitriles is 1. The van der Waals surface area contributed by atoms with Crippen LogP contribution in [-0.4, -0.2) is 22.0 Å². The molecule has 29 heavy (non-hydrogen) atoms. The quantitative estimate of drug-likeness (QED) is 0.602. The first-order chi connectivity index (χ1) is 14.0. The number of fused-ring (bicyclic) bond motifs is 1.